The second kappa shape index (κ2) is 9.16. The zero-order valence-electron chi connectivity index (χ0n) is 17.9. The molecule has 6 heteroatoms. The Kier molecular flexibility index (Phi) is 6.16. The van der Waals surface area contributed by atoms with Crippen LogP contribution < -0.4 is 5.32 Å². The van der Waals surface area contributed by atoms with Gasteiger partial charge in [-0.1, -0.05) is 24.3 Å². The number of benzene rings is 1. The molecular weight excluding hydrogens is 390 g/mol. The molecule has 1 fully saturated rings. The number of nitrogens with one attached hydrogen (secondary N) is 1. The third-order valence-corrected chi connectivity index (χ3v) is 5.91. The molecule has 1 aromatic carbocycles. The van der Waals surface area contributed by atoms with Gasteiger partial charge in [-0.25, -0.2) is 0 Å². The van der Waals surface area contributed by atoms with E-state index in [1.54, 1.807) is 12.1 Å². The Morgan fingerprint density at radius 1 is 1.06 bits per heavy atom. The maximum Gasteiger partial charge on any atom is 0.289 e. The highest BCUT2D eigenvalue weighted by molar-refractivity contribution is 5.95. The van der Waals surface area contributed by atoms with Crippen LogP contribution in [-0.2, 0) is 6.54 Å². The number of piperidine rings is 1. The largest absolute Gasteiger partial charge is 0.459 e. The molecule has 2 aromatic heterocycles. The molecule has 0 bridgehead atoms. The number of pyridine rings is 1. The van der Waals surface area contributed by atoms with Gasteiger partial charge in [-0.2, -0.15) is 0 Å². The Hall–Kier alpha value is -3.41. The van der Waals surface area contributed by atoms with Crippen LogP contribution >= 0.6 is 0 Å². The predicted molar refractivity (Wildman–Crippen MR) is 118 cm³/mol. The van der Waals surface area contributed by atoms with E-state index in [9.17, 15) is 9.59 Å². The van der Waals surface area contributed by atoms with E-state index < -0.39 is 0 Å². The fraction of sp³-hybridized carbons (Fsp3) is 0.320. The number of likely N-dealkylation sites (tertiary alicyclic amines) is 1. The summed E-state index contributed by atoms with van der Waals surface area (Å²) in [7, 11) is 0. The minimum atomic E-state index is -0.111. The van der Waals surface area contributed by atoms with Gasteiger partial charge in [0.2, 0.25) is 0 Å². The first-order chi connectivity index (χ1) is 15.0. The van der Waals surface area contributed by atoms with Gasteiger partial charge in [-0.15, -0.1) is 0 Å². The van der Waals surface area contributed by atoms with Crippen LogP contribution in [0.2, 0.25) is 0 Å². The SMILES string of the molecule is Cc1ccc(C(=O)NCc2ccccc2C)c(C2CCN(C(=O)c3ccco3)CC2)n1. The van der Waals surface area contributed by atoms with E-state index in [0.29, 0.717) is 31.0 Å². The smallest absolute Gasteiger partial charge is 0.289 e. The molecule has 0 spiro atoms. The van der Waals surface area contributed by atoms with Crippen LogP contribution in [0.4, 0.5) is 0 Å². The molecule has 1 N–H and O–H groups in total. The van der Waals surface area contributed by atoms with E-state index >= 15 is 0 Å². The first kappa shape index (κ1) is 20.8. The summed E-state index contributed by atoms with van der Waals surface area (Å²) in [6, 6.07) is 15.2. The Balaban J connectivity index is 1.45. The van der Waals surface area contributed by atoms with Gasteiger partial charge in [-0.05, 0) is 62.1 Å². The lowest BCUT2D eigenvalue weighted by Gasteiger charge is -2.32. The maximum absolute atomic E-state index is 13.0. The number of amides is 2. The summed E-state index contributed by atoms with van der Waals surface area (Å²) in [5.74, 6) is 0.305. The Morgan fingerprint density at radius 3 is 2.55 bits per heavy atom. The average Bonchev–Trinajstić information content (AvgIpc) is 3.33. The van der Waals surface area contributed by atoms with E-state index in [4.69, 9.17) is 9.40 Å². The zero-order chi connectivity index (χ0) is 21.8. The van der Waals surface area contributed by atoms with Crippen molar-refractivity contribution in [3.8, 4) is 0 Å². The molecule has 3 aromatic rings. The number of carbonyl (C=O) groups is 2. The first-order valence-electron chi connectivity index (χ1n) is 10.7. The van der Waals surface area contributed by atoms with Gasteiger partial charge in [0.1, 0.15) is 0 Å². The zero-order valence-corrected chi connectivity index (χ0v) is 17.9. The van der Waals surface area contributed by atoms with Gasteiger partial charge in [-0.3, -0.25) is 14.6 Å². The van der Waals surface area contributed by atoms with Crippen LogP contribution in [0.25, 0.3) is 0 Å². The molecule has 0 radical (unpaired) electrons. The summed E-state index contributed by atoms with van der Waals surface area (Å²) in [4.78, 5) is 32.1. The Bertz CT molecular complexity index is 1070. The van der Waals surface area contributed by atoms with E-state index in [1.807, 2.05) is 55.1 Å². The number of hydrogen-bond acceptors (Lipinski definition) is 4. The van der Waals surface area contributed by atoms with Gasteiger partial charge in [0, 0.05) is 31.2 Å². The Labute approximate surface area is 182 Å². The van der Waals surface area contributed by atoms with E-state index in [2.05, 4.69) is 5.32 Å². The average molecular weight is 418 g/mol. The number of nitrogens with zero attached hydrogens (tertiary/aromatic N) is 2. The molecule has 0 atom stereocenters. The molecule has 2 amide bonds. The lowest BCUT2D eigenvalue weighted by Crippen LogP contribution is -2.38. The number of furan rings is 1. The van der Waals surface area contributed by atoms with Gasteiger partial charge < -0.3 is 14.6 Å². The standard InChI is InChI=1S/C25H27N3O3/c1-17-6-3-4-7-20(17)16-26-24(29)21-10-9-18(2)27-23(21)19-11-13-28(14-12-19)25(30)22-8-5-15-31-22/h3-10,15,19H,11-14,16H2,1-2H3,(H,26,29). The summed E-state index contributed by atoms with van der Waals surface area (Å²) in [5.41, 5.74) is 4.59. The van der Waals surface area contributed by atoms with Gasteiger partial charge in [0.15, 0.2) is 5.76 Å². The van der Waals surface area contributed by atoms with Crippen molar-refractivity contribution >= 4 is 11.8 Å². The summed E-state index contributed by atoms with van der Waals surface area (Å²) in [6.07, 6.45) is 3.04. The fourth-order valence-corrected chi connectivity index (χ4v) is 4.07. The van der Waals surface area contributed by atoms with Crippen LogP contribution in [0.5, 0.6) is 0 Å². The van der Waals surface area contributed by atoms with Gasteiger partial charge >= 0.3 is 0 Å². The number of aromatic nitrogens is 1. The third-order valence-electron chi connectivity index (χ3n) is 5.91. The summed E-state index contributed by atoms with van der Waals surface area (Å²) in [6.45, 7) is 5.69. The second-order valence-electron chi connectivity index (χ2n) is 8.04. The topological polar surface area (TPSA) is 75.4 Å². The minimum absolute atomic E-state index is 0.0863. The van der Waals surface area contributed by atoms with E-state index in [-0.39, 0.29) is 17.7 Å². The van der Waals surface area contributed by atoms with Crippen LogP contribution in [0.1, 0.15) is 62.2 Å². The highest BCUT2D eigenvalue weighted by Crippen LogP contribution is 2.30. The quantitative estimate of drug-likeness (QED) is 0.674. The summed E-state index contributed by atoms with van der Waals surface area (Å²) in [5, 5.41) is 3.04. The van der Waals surface area contributed by atoms with Gasteiger partial charge in [0.05, 0.1) is 17.5 Å². The highest BCUT2D eigenvalue weighted by Gasteiger charge is 2.29. The van der Waals surface area contributed by atoms with Crippen molar-refractivity contribution < 1.29 is 14.0 Å². The molecule has 1 aliphatic heterocycles. The summed E-state index contributed by atoms with van der Waals surface area (Å²) < 4.78 is 5.24. The molecule has 0 saturated carbocycles. The second-order valence-corrected chi connectivity index (χ2v) is 8.04. The minimum Gasteiger partial charge on any atom is -0.459 e. The Morgan fingerprint density at radius 2 is 1.84 bits per heavy atom. The molecule has 31 heavy (non-hydrogen) atoms. The number of rotatable bonds is 5. The number of carbonyl (C=O) groups excluding carboxylic acids is 2. The highest BCUT2D eigenvalue weighted by atomic mass is 16.3. The monoisotopic (exact) mass is 417 g/mol. The number of aryl methyl sites for hydroxylation is 2. The molecule has 1 aliphatic rings. The van der Waals surface area contributed by atoms with Crippen molar-refractivity contribution in [1.82, 2.24) is 15.2 Å². The molecule has 1 saturated heterocycles. The van der Waals surface area contributed by atoms with E-state index in [1.165, 1.54) is 6.26 Å². The normalized spacial score (nSPS) is 14.5. The molecule has 4 rings (SSSR count). The third kappa shape index (κ3) is 4.68. The number of hydrogen-bond donors (Lipinski definition) is 1. The van der Waals surface area contributed by atoms with Crippen molar-refractivity contribution in [2.75, 3.05) is 13.1 Å². The van der Waals surface area contributed by atoms with Crippen LogP contribution in [0.15, 0.2) is 59.2 Å². The maximum atomic E-state index is 13.0. The lowest BCUT2D eigenvalue weighted by molar-refractivity contribution is 0.0678. The van der Waals surface area contributed by atoms with Crippen molar-refractivity contribution in [2.24, 2.45) is 0 Å². The molecule has 6 nitrogen and oxygen atoms in total. The molecule has 0 unspecified atom stereocenters. The fourth-order valence-electron chi connectivity index (χ4n) is 4.07. The molecule has 3 heterocycles. The predicted octanol–water partition coefficient (Wildman–Crippen LogP) is 4.24. The van der Waals surface area contributed by atoms with Crippen molar-refractivity contribution in [3.05, 3.63) is 88.6 Å². The van der Waals surface area contributed by atoms with Crippen LogP contribution in [0, 0.1) is 13.8 Å². The van der Waals surface area contributed by atoms with Gasteiger partial charge in [0.25, 0.3) is 11.8 Å². The van der Waals surface area contributed by atoms with Crippen molar-refractivity contribution in [3.63, 3.8) is 0 Å². The molecule has 160 valence electrons. The van der Waals surface area contributed by atoms with Crippen LogP contribution in [0.3, 0.4) is 0 Å². The lowest BCUT2D eigenvalue weighted by atomic mass is 9.89. The molecule has 0 aliphatic carbocycles. The summed E-state index contributed by atoms with van der Waals surface area (Å²) >= 11 is 0. The van der Waals surface area contributed by atoms with Crippen molar-refractivity contribution in [1.29, 1.82) is 0 Å². The first-order valence-corrected chi connectivity index (χ1v) is 10.7. The van der Waals surface area contributed by atoms with Crippen LogP contribution in [-0.4, -0.2) is 34.8 Å². The van der Waals surface area contributed by atoms with Crippen molar-refractivity contribution in [2.45, 2.75) is 39.2 Å². The van der Waals surface area contributed by atoms with E-state index in [0.717, 1.165) is 35.4 Å². The molecular formula is C25H27N3O3.